The van der Waals surface area contributed by atoms with Gasteiger partial charge in [-0.1, -0.05) is 43.7 Å². The Kier molecular flexibility index (Phi) is 4.64. The molecule has 2 heteroatoms. The largest absolute Gasteiger partial charge is 0.393 e. The van der Waals surface area contributed by atoms with Crippen molar-refractivity contribution in [3.05, 3.63) is 35.4 Å². The summed E-state index contributed by atoms with van der Waals surface area (Å²) in [6.07, 6.45) is 4.03. The predicted molar refractivity (Wildman–Crippen MR) is 80.5 cm³/mol. The number of nitrogens with one attached hydrogen (secondary N) is 1. The van der Waals surface area contributed by atoms with Crippen molar-refractivity contribution in [1.82, 2.24) is 5.32 Å². The average Bonchev–Trinajstić information content (AvgIpc) is 2.39. The zero-order valence-electron chi connectivity index (χ0n) is 12.4. The fourth-order valence-electron chi connectivity index (χ4n) is 2.79. The van der Waals surface area contributed by atoms with Crippen LogP contribution < -0.4 is 5.32 Å². The Bertz CT molecular complexity index is 388. The van der Waals surface area contributed by atoms with Crippen LogP contribution in [0.5, 0.6) is 0 Å². The van der Waals surface area contributed by atoms with Crippen molar-refractivity contribution in [3.63, 3.8) is 0 Å². The normalized spacial score (nSPS) is 24.4. The molecule has 0 bridgehead atoms. The lowest BCUT2D eigenvalue weighted by Gasteiger charge is -2.32. The van der Waals surface area contributed by atoms with Gasteiger partial charge in [0.15, 0.2) is 0 Å². The minimum absolute atomic E-state index is 0.0665. The number of hydrogen-bond acceptors (Lipinski definition) is 2. The first-order valence-corrected chi connectivity index (χ1v) is 7.46. The highest BCUT2D eigenvalue weighted by Crippen LogP contribution is 2.24. The summed E-state index contributed by atoms with van der Waals surface area (Å²) < 4.78 is 0. The molecular formula is C17H27NO. The van der Waals surface area contributed by atoms with Crippen LogP contribution >= 0.6 is 0 Å². The van der Waals surface area contributed by atoms with Crippen LogP contribution in [0.4, 0.5) is 0 Å². The van der Waals surface area contributed by atoms with E-state index in [1.54, 1.807) is 0 Å². The number of hydrogen-bond donors (Lipinski definition) is 2. The van der Waals surface area contributed by atoms with Crippen LogP contribution in [0.15, 0.2) is 24.3 Å². The molecule has 0 aromatic heterocycles. The summed E-state index contributed by atoms with van der Waals surface area (Å²) >= 11 is 0. The van der Waals surface area contributed by atoms with Crippen LogP contribution in [0.25, 0.3) is 0 Å². The van der Waals surface area contributed by atoms with Gasteiger partial charge in [-0.05, 0) is 38.2 Å². The van der Waals surface area contributed by atoms with Gasteiger partial charge in [-0.2, -0.15) is 0 Å². The lowest BCUT2D eigenvalue weighted by Crippen LogP contribution is -2.41. The molecule has 2 rings (SSSR count). The Morgan fingerprint density at radius 3 is 2.26 bits per heavy atom. The van der Waals surface area contributed by atoms with E-state index >= 15 is 0 Å². The molecule has 2 nitrogen and oxygen atoms in total. The summed E-state index contributed by atoms with van der Waals surface area (Å²) in [7, 11) is 0. The Labute approximate surface area is 117 Å². The maximum Gasteiger partial charge on any atom is 0.0541 e. The van der Waals surface area contributed by atoms with Gasteiger partial charge < -0.3 is 10.4 Å². The average molecular weight is 261 g/mol. The number of benzene rings is 1. The third-order valence-electron chi connectivity index (χ3n) is 4.36. The molecule has 0 amide bonds. The number of rotatable bonds is 4. The number of aryl methyl sites for hydroxylation is 1. The molecule has 19 heavy (non-hydrogen) atoms. The summed E-state index contributed by atoms with van der Waals surface area (Å²) in [6.45, 7) is 7.71. The Morgan fingerprint density at radius 2 is 1.68 bits per heavy atom. The molecule has 1 aliphatic carbocycles. The van der Waals surface area contributed by atoms with Crippen molar-refractivity contribution in [2.45, 2.75) is 64.0 Å². The second kappa shape index (κ2) is 6.06. The molecule has 1 saturated carbocycles. The van der Waals surface area contributed by atoms with Crippen molar-refractivity contribution >= 4 is 0 Å². The summed E-state index contributed by atoms with van der Waals surface area (Å²) in [5.41, 5.74) is 2.86. The minimum atomic E-state index is -0.0665. The Balaban J connectivity index is 1.88. The van der Waals surface area contributed by atoms with Crippen molar-refractivity contribution in [3.8, 4) is 0 Å². The Hall–Kier alpha value is -0.860. The van der Waals surface area contributed by atoms with Gasteiger partial charge in [0.25, 0.3) is 0 Å². The topological polar surface area (TPSA) is 32.3 Å². The van der Waals surface area contributed by atoms with Crippen molar-refractivity contribution in [2.24, 2.45) is 0 Å². The first-order valence-electron chi connectivity index (χ1n) is 7.46. The van der Waals surface area contributed by atoms with E-state index in [2.05, 4.69) is 50.4 Å². The molecule has 0 atom stereocenters. The van der Waals surface area contributed by atoms with Gasteiger partial charge in [0.1, 0.15) is 0 Å². The summed E-state index contributed by atoms with van der Waals surface area (Å²) in [5.74, 6) is 0. The summed E-state index contributed by atoms with van der Waals surface area (Å²) in [6, 6.07) is 9.43. The molecule has 0 saturated heterocycles. The van der Waals surface area contributed by atoms with Gasteiger partial charge in [0, 0.05) is 18.0 Å². The van der Waals surface area contributed by atoms with E-state index in [9.17, 15) is 5.11 Å². The molecule has 0 aliphatic heterocycles. The molecular weight excluding hydrogens is 234 g/mol. The summed E-state index contributed by atoms with van der Waals surface area (Å²) in [4.78, 5) is 0. The van der Waals surface area contributed by atoms with E-state index in [1.807, 2.05) is 0 Å². The third kappa shape index (κ3) is 4.05. The van der Waals surface area contributed by atoms with Gasteiger partial charge in [-0.25, -0.2) is 0 Å². The molecule has 1 aromatic rings. The van der Waals surface area contributed by atoms with Crippen LogP contribution in [-0.4, -0.2) is 23.8 Å². The van der Waals surface area contributed by atoms with Crippen molar-refractivity contribution < 1.29 is 5.11 Å². The quantitative estimate of drug-likeness (QED) is 0.872. The van der Waals surface area contributed by atoms with Crippen LogP contribution in [-0.2, 0) is 5.41 Å². The lowest BCUT2D eigenvalue weighted by atomic mass is 9.83. The monoisotopic (exact) mass is 261 g/mol. The molecule has 1 fully saturated rings. The van der Waals surface area contributed by atoms with Gasteiger partial charge in [-0.3, -0.25) is 0 Å². The number of aliphatic hydroxyl groups excluding tert-OH is 1. The second-order valence-corrected chi connectivity index (χ2v) is 6.64. The fraction of sp³-hybridized carbons (Fsp3) is 0.647. The lowest BCUT2D eigenvalue weighted by molar-refractivity contribution is 0.115. The first kappa shape index (κ1) is 14.5. The molecule has 2 N–H and O–H groups in total. The molecule has 1 aromatic carbocycles. The molecule has 0 heterocycles. The molecule has 0 spiro atoms. The first-order chi connectivity index (χ1) is 8.97. The summed E-state index contributed by atoms with van der Waals surface area (Å²) in [5, 5.41) is 13.2. The van der Waals surface area contributed by atoms with Gasteiger partial charge >= 0.3 is 0 Å². The highest BCUT2D eigenvalue weighted by atomic mass is 16.3. The van der Waals surface area contributed by atoms with Crippen molar-refractivity contribution in [1.29, 1.82) is 0 Å². The zero-order valence-corrected chi connectivity index (χ0v) is 12.4. The van der Waals surface area contributed by atoms with Crippen LogP contribution in [0.1, 0.15) is 50.7 Å². The Morgan fingerprint density at radius 1 is 1.11 bits per heavy atom. The molecule has 1 aliphatic rings. The molecule has 106 valence electrons. The van der Waals surface area contributed by atoms with E-state index in [0.717, 1.165) is 32.2 Å². The molecule has 0 unspecified atom stereocenters. The zero-order chi connectivity index (χ0) is 13.9. The van der Waals surface area contributed by atoms with Crippen molar-refractivity contribution in [2.75, 3.05) is 6.54 Å². The van der Waals surface area contributed by atoms with E-state index < -0.39 is 0 Å². The van der Waals surface area contributed by atoms with Crippen LogP contribution in [0.2, 0.25) is 0 Å². The van der Waals surface area contributed by atoms with E-state index in [-0.39, 0.29) is 11.5 Å². The van der Waals surface area contributed by atoms with Crippen LogP contribution in [0, 0.1) is 6.92 Å². The number of aliphatic hydroxyl groups is 1. The minimum Gasteiger partial charge on any atom is -0.393 e. The van der Waals surface area contributed by atoms with E-state index in [4.69, 9.17) is 0 Å². The van der Waals surface area contributed by atoms with E-state index in [1.165, 1.54) is 11.1 Å². The standard InChI is InChI=1S/C17H27NO/c1-13-4-6-14(7-5-13)17(2,3)12-18-15-8-10-16(19)11-9-15/h4-7,15-16,18-19H,8-12H2,1-3H3. The van der Waals surface area contributed by atoms with Gasteiger partial charge in [0.2, 0.25) is 0 Å². The predicted octanol–water partition coefficient (Wildman–Crippen LogP) is 3.17. The fourth-order valence-corrected chi connectivity index (χ4v) is 2.79. The maximum atomic E-state index is 9.53. The van der Waals surface area contributed by atoms with Crippen LogP contribution in [0.3, 0.4) is 0 Å². The third-order valence-corrected chi connectivity index (χ3v) is 4.36. The maximum absolute atomic E-state index is 9.53. The SMILES string of the molecule is Cc1ccc(C(C)(C)CNC2CCC(O)CC2)cc1. The molecule has 0 radical (unpaired) electrons. The highest BCUT2D eigenvalue weighted by molar-refractivity contribution is 5.27. The smallest absolute Gasteiger partial charge is 0.0541 e. The second-order valence-electron chi connectivity index (χ2n) is 6.64. The van der Waals surface area contributed by atoms with Gasteiger partial charge in [-0.15, -0.1) is 0 Å². The highest BCUT2D eigenvalue weighted by Gasteiger charge is 2.24. The van der Waals surface area contributed by atoms with Gasteiger partial charge in [0.05, 0.1) is 6.10 Å². The van der Waals surface area contributed by atoms with E-state index in [0.29, 0.717) is 6.04 Å².